The maximum Gasteiger partial charge on any atom is 0.224 e. The largest absolute Gasteiger partial charge is 0.493 e. The second kappa shape index (κ2) is 10.6. The number of carbonyl (C=O) groups excluding carboxylic acids is 1. The summed E-state index contributed by atoms with van der Waals surface area (Å²) in [6.07, 6.45) is 1.11. The minimum atomic E-state index is -0.0471. The molecule has 0 aliphatic heterocycles. The summed E-state index contributed by atoms with van der Waals surface area (Å²) in [6.45, 7) is 0.575. The molecule has 28 heavy (non-hydrogen) atoms. The van der Waals surface area contributed by atoms with Crippen LogP contribution < -0.4 is 19.5 Å². The van der Waals surface area contributed by atoms with Crippen molar-refractivity contribution in [2.45, 2.75) is 18.9 Å². The Kier molecular flexibility index (Phi) is 8.14. The summed E-state index contributed by atoms with van der Waals surface area (Å²) in [4.78, 5) is 14.6. The number of benzene rings is 2. The first-order chi connectivity index (χ1) is 13.5. The van der Waals surface area contributed by atoms with Crippen LogP contribution in [-0.2, 0) is 17.6 Å². The highest BCUT2D eigenvalue weighted by Gasteiger charge is 2.17. The molecule has 0 unspecified atom stereocenters. The average Bonchev–Trinajstić information content (AvgIpc) is 2.70. The molecular weight excluding hydrogens is 356 g/mol. The van der Waals surface area contributed by atoms with E-state index >= 15 is 0 Å². The van der Waals surface area contributed by atoms with E-state index in [1.807, 2.05) is 32.3 Å². The first kappa shape index (κ1) is 21.6. The van der Waals surface area contributed by atoms with Crippen molar-refractivity contribution in [1.29, 1.82) is 0 Å². The lowest BCUT2D eigenvalue weighted by molar-refractivity contribution is -0.120. The number of ether oxygens (including phenoxy) is 3. The third kappa shape index (κ3) is 5.89. The summed E-state index contributed by atoms with van der Waals surface area (Å²) in [5.41, 5.74) is 2.05. The second-order valence-corrected chi connectivity index (χ2v) is 6.82. The summed E-state index contributed by atoms with van der Waals surface area (Å²) in [6, 6.07) is 14.1. The van der Waals surface area contributed by atoms with E-state index in [0.29, 0.717) is 23.8 Å². The van der Waals surface area contributed by atoms with Crippen LogP contribution in [0.2, 0.25) is 0 Å². The fourth-order valence-corrected chi connectivity index (χ4v) is 3.04. The van der Waals surface area contributed by atoms with Crippen LogP contribution in [0.4, 0.5) is 0 Å². The zero-order valence-electron chi connectivity index (χ0n) is 17.3. The van der Waals surface area contributed by atoms with Crippen molar-refractivity contribution in [3.05, 3.63) is 53.6 Å². The quantitative estimate of drug-likeness (QED) is 0.680. The Morgan fingerprint density at radius 2 is 1.57 bits per heavy atom. The van der Waals surface area contributed by atoms with Gasteiger partial charge in [0.2, 0.25) is 11.7 Å². The van der Waals surface area contributed by atoms with Gasteiger partial charge in [-0.05, 0) is 43.8 Å². The van der Waals surface area contributed by atoms with Gasteiger partial charge in [-0.15, -0.1) is 0 Å². The van der Waals surface area contributed by atoms with Gasteiger partial charge in [0.25, 0.3) is 0 Å². The van der Waals surface area contributed by atoms with Crippen LogP contribution in [0.5, 0.6) is 17.2 Å². The number of likely N-dealkylation sites (N-methyl/N-ethyl adjacent to an activating group) is 1. The molecule has 0 heterocycles. The van der Waals surface area contributed by atoms with Gasteiger partial charge in [0.1, 0.15) is 0 Å². The summed E-state index contributed by atoms with van der Waals surface area (Å²) in [5.74, 6) is 1.55. The number of nitrogens with one attached hydrogen (secondary N) is 1. The second-order valence-electron chi connectivity index (χ2n) is 6.82. The smallest absolute Gasteiger partial charge is 0.224 e. The zero-order chi connectivity index (χ0) is 20.5. The number of methoxy groups -OCH3 is 3. The fraction of sp³-hybridized carbons (Fsp3) is 0.409. The van der Waals surface area contributed by atoms with Crippen molar-refractivity contribution in [3.8, 4) is 17.2 Å². The molecule has 6 heteroatoms. The normalized spacial score (nSPS) is 11.8. The molecule has 2 rings (SSSR count). The molecule has 2 aromatic rings. The Morgan fingerprint density at radius 1 is 0.964 bits per heavy atom. The molecule has 0 fully saturated rings. The van der Waals surface area contributed by atoms with Crippen LogP contribution in [0.3, 0.4) is 0 Å². The predicted octanol–water partition coefficient (Wildman–Crippen LogP) is 2.54. The Hall–Kier alpha value is -2.73. The van der Waals surface area contributed by atoms with Crippen LogP contribution in [0.15, 0.2) is 42.5 Å². The van der Waals surface area contributed by atoms with Crippen molar-refractivity contribution < 1.29 is 19.0 Å². The number of hydrogen-bond acceptors (Lipinski definition) is 5. The molecule has 0 spiro atoms. The Labute approximate surface area is 167 Å². The number of carbonyl (C=O) groups is 1. The number of amides is 1. The average molecular weight is 386 g/mol. The Bertz CT molecular complexity index is 737. The molecule has 0 aromatic heterocycles. The van der Waals surface area contributed by atoms with E-state index in [-0.39, 0.29) is 18.4 Å². The molecule has 152 valence electrons. The van der Waals surface area contributed by atoms with Crippen LogP contribution >= 0.6 is 0 Å². The number of rotatable bonds is 10. The summed E-state index contributed by atoms with van der Waals surface area (Å²) >= 11 is 0. The maximum atomic E-state index is 12.5. The molecule has 0 saturated carbocycles. The monoisotopic (exact) mass is 386 g/mol. The summed E-state index contributed by atoms with van der Waals surface area (Å²) in [7, 11) is 8.73. The van der Waals surface area contributed by atoms with Crippen LogP contribution in [-0.4, -0.2) is 58.8 Å². The van der Waals surface area contributed by atoms with Gasteiger partial charge in [0.15, 0.2) is 11.5 Å². The summed E-state index contributed by atoms with van der Waals surface area (Å²) in [5, 5.41) is 3.04. The highest BCUT2D eigenvalue weighted by Crippen LogP contribution is 2.38. The van der Waals surface area contributed by atoms with E-state index in [0.717, 1.165) is 12.0 Å². The lowest BCUT2D eigenvalue weighted by atomic mass is 10.0. The maximum absolute atomic E-state index is 12.5. The van der Waals surface area contributed by atoms with E-state index in [9.17, 15) is 4.79 Å². The fourth-order valence-electron chi connectivity index (χ4n) is 3.04. The molecule has 1 amide bonds. The number of nitrogens with zero attached hydrogens (tertiary/aromatic N) is 1. The predicted molar refractivity (Wildman–Crippen MR) is 110 cm³/mol. The Balaban J connectivity index is 2.00. The van der Waals surface area contributed by atoms with Crippen molar-refractivity contribution in [3.63, 3.8) is 0 Å². The van der Waals surface area contributed by atoms with Crippen molar-refractivity contribution in [1.82, 2.24) is 10.2 Å². The van der Waals surface area contributed by atoms with Gasteiger partial charge in [-0.25, -0.2) is 0 Å². The molecule has 0 saturated heterocycles. The third-order valence-electron chi connectivity index (χ3n) is 4.67. The van der Waals surface area contributed by atoms with Gasteiger partial charge in [-0.2, -0.15) is 0 Å². The molecule has 0 aliphatic carbocycles. The highest BCUT2D eigenvalue weighted by molar-refractivity contribution is 5.79. The first-order valence-corrected chi connectivity index (χ1v) is 9.24. The van der Waals surface area contributed by atoms with Crippen LogP contribution in [0.25, 0.3) is 0 Å². The van der Waals surface area contributed by atoms with Gasteiger partial charge in [0, 0.05) is 12.6 Å². The molecule has 1 N–H and O–H groups in total. The zero-order valence-corrected chi connectivity index (χ0v) is 17.3. The van der Waals surface area contributed by atoms with E-state index in [4.69, 9.17) is 14.2 Å². The molecule has 0 bridgehead atoms. The van der Waals surface area contributed by atoms with Gasteiger partial charge in [-0.3, -0.25) is 4.79 Å². The van der Waals surface area contributed by atoms with Gasteiger partial charge < -0.3 is 24.4 Å². The molecular formula is C22H30N2O4. The van der Waals surface area contributed by atoms with Gasteiger partial charge >= 0.3 is 0 Å². The highest BCUT2D eigenvalue weighted by atomic mass is 16.5. The van der Waals surface area contributed by atoms with E-state index in [1.165, 1.54) is 5.56 Å². The lowest BCUT2D eigenvalue weighted by Crippen LogP contribution is -2.42. The van der Waals surface area contributed by atoms with E-state index in [2.05, 4.69) is 22.3 Å². The van der Waals surface area contributed by atoms with Gasteiger partial charge in [0.05, 0.1) is 27.8 Å². The van der Waals surface area contributed by atoms with Crippen LogP contribution in [0, 0.1) is 0 Å². The van der Waals surface area contributed by atoms with E-state index in [1.54, 1.807) is 33.5 Å². The lowest BCUT2D eigenvalue weighted by Gasteiger charge is -2.25. The molecule has 0 radical (unpaired) electrons. The first-order valence-electron chi connectivity index (χ1n) is 9.24. The van der Waals surface area contributed by atoms with Crippen LogP contribution in [0.1, 0.15) is 11.1 Å². The minimum absolute atomic E-state index is 0.0471. The van der Waals surface area contributed by atoms with Crippen molar-refractivity contribution >= 4 is 5.91 Å². The third-order valence-corrected chi connectivity index (χ3v) is 4.67. The molecule has 6 nitrogen and oxygen atoms in total. The number of hydrogen-bond donors (Lipinski definition) is 1. The van der Waals surface area contributed by atoms with Crippen molar-refractivity contribution in [2.75, 3.05) is 42.0 Å². The topological polar surface area (TPSA) is 60.0 Å². The molecule has 2 aromatic carbocycles. The SMILES string of the molecule is COc1cc(CC(=O)NC[C@@H](Cc2ccccc2)N(C)C)cc(OC)c1OC. The Morgan fingerprint density at radius 3 is 2.07 bits per heavy atom. The minimum Gasteiger partial charge on any atom is -0.493 e. The summed E-state index contributed by atoms with van der Waals surface area (Å²) < 4.78 is 16.0. The van der Waals surface area contributed by atoms with E-state index < -0.39 is 0 Å². The van der Waals surface area contributed by atoms with Crippen molar-refractivity contribution in [2.24, 2.45) is 0 Å². The molecule has 1 atom stereocenters. The molecule has 0 aliphatic rings. The van der Waals surface area contributed by atoms with Gasteiger partial charge in [-0.1, -0.05) is 30.3 Å². The standard InChI is InChI=1S/C22H30N2O4/c1-24(2)18(11-16-9-7-6-8-10-16)15-23-21(25)14-17-12-19(26-3)22(28-5)20(13-17)27-4/h6-10,12-13,18H,11,14-15H2,1-5H3,(H,23,25)/t18-/m1/s1.